The molecule has 0 bridgehead atoms. The van der Waals surface area contributed by atoms with Crippen LogP contribution < -0.4 is 0 Å². The summed E-state index contributed by atoms with van der Waals surface area (Å²) in [5.41, 5.74) is 0.399. The van der Waals surface area contributed by atoms with Crippen LogP contribution in [0.5, 0.6) is 0 Å². The smallest absolute Gasteiger partial charge is 0.305 e. The summed E-state index contributed by atoms with van der Waals surface area (Å²) < 4.78 is 31.5. The number of rotatable bonds is 6. The van der Waals surface area contributed by atoms with E-state index in [1.165, 1.54) is 11.0 Å². The fourth-order valence-electron chi connectivity index (χ4n) is 2.33. The predicted molar refractivity (Wildman–Crippen MR) is 73.0 cm³/mol. The fraction of sp³-hybridized carbons (Fsp3) is 0.467. The topological polar surface area (TPSA) is 66.8 Å². The number of hydrogen-bond acceptors (Lipinski definition) is 3. The Kier molecular flexibility index (Phi) is 5.43. The lowest BCUT2D eigenvalue weighted by atomic mass is 10.1. The minimum absolute atomic E-state index is 0.00692. The Morgan fingerprint density at radius 3 is 2.68 bits per heavy atom. The van der Waals surface area contributed by atoms with Gasteiger partial charge in [0.25, 0.3) is 5.91 Å². The van der Waals surface area contributed by atoms with Crippen molar-refractivity contribution in [3.63, 3.8) is 0 Å². The van der Waals surface area contributed by atoms with E-state index < -0.39 is 23.7 Å². The molecule has 1 saturated heterocycles. The second-order valence-electron chi connectivity index (χ2n) is 5.15. The summed E-state index contributed by atoms with van der Waals surface area (Å²) in [5.74, 6) is -3.31. The molecule has 5 nitrogen and oxygen atoms in total. The van der Waals surface area contributed by atoms with Gasteiger partial charge in [-0.2, -0.15) is 0 Å². The van der Waals surface area contributed by atoms with Crippen LogP contribution in [0.2, 0.25) is 0 Å². The van der Waals surface area contributed by atoms with E-state index in [1.54, 1.807) is 0 Å². The zero-order chi connectivity index (χ0) is 16.1. The molecule has 0 saturated carbocycles. The first-order valence-corrected chi connectivity index (χ1v) is 7.03. The van der Waals surface area contributed by atoms with Gasteiger partial charge in [-0.05, 0) is 30.5 Å². The third kappa shape index (κ3) is 4.24. The summed E-state index contributed by atoms with van der Waals surface area (Å²) in [6, 6.07) is 3.36. The van der Waals surface area contributed by atoms with Crippen molar-refractivity contribution < 1.29 is 28.2 Å². The number of amides is 1. The SMILES string of the molecule is O=C(O)CCN(Cc1ccc(F)c(F)c1)C(=O)[C@H]1CCCO1. The molecule has 0 spiro atoms. The van der Waals surface area contributed by atoms with Crippen molar-refractivity contribution in [2.45, 2.75) is 31.9 Å². The first-order valence-electron chi connectivity index (χ1n) is 7.03. The summed E-state index contributed by atoms with van der Waals surface area (Å²) in [6.07, 6.45) is 0.551. The van der Waals surface area contributed by atoms with Gasteiger partial charge in [0.2, 0.25) is 0 Å². The molecular formula is C15H17F2NO4. The largest absolute Gasteiger partial charge is 0.481 e. The number of halogens is 2. The molecule has 120 valence electrons. The van der Waals surface area contributed by atoms with E-state index in [2.05, 4.69) is 0 Å². The molecule has 1 aromatic carbocycles. The normalized spacial score (nSPS) is 17.5. The highest BCUT2D eigenvalue weighted by Crippen LogP contribution is 2.18. The minimum atomic E-state index is -1.03. The van der Waals surface area contributed by atoms with Crippen LogP contribution in [0, 0.1) is 11.6 Å². The zero-order valence-electron chi connectivity index (χ0n) is 11.9. The molecule has 1 aliphatic rings. The number of carbonyl (C=O) groups is 2. The quantitative estimate of drug-likeness (QED) is 0.871. The summed E-state index contributed by atoms with van der Waals surface area (Å²) in [6.45, 7) is 0.505. The standard InChI is InChI=1S/C15H17F2NO4/c16-11-4-3-10(8-12(11)17)9-18(6-5-14(19)20)15(21)13-2-1-7-22-13/h3-4,8,13H,1-2,5-7,9H2,(H,19,20)/t13-/m1/s1. The van der Waals surface area contributed by atoms with Crippen LogP contribution in [0.1, 0.15) is 24.8 Å². The third-order valence-corrected chi connectivity index (χ3v) is 3.47. The highest BCUT2D eigenvalue weighted by molar-refractivity contribution is 5.81. The van der Waals surface area contributed by atoms with Gasteiger partial charge < -0.3 is 14.7 Å². The minimum Gasteiger partial charge on any atom is -0.481 e. The van der Waals surface area contributed by atoms with Gasteiger partial charge in [-0.25, -0.2) is 8.78 Å². The lowest BCUT2D eigenvalue weighted by molar-refractivity contribution is -0.143. The van der Waals surface area contributed by atoms with Crippen molar-refractivity contribution in [2.75, 3.05) is 13.2 Å². The first kappa shape index (κ1) is 16.4. The molecule has 1 aliphatic heterocycles. The fourth-order valence-corrected chi connectivity index (χ4v) is 2.33. The summed E-state index contributed by atoms with van der Waals surface area (Å²) in [7, 11) is 0. The number of hydrogen-bond donors (Lipinski definition) is 1. The average molecular weight is 313 g/mol. The maximum atomic E-state index is 13.2. The average Bonchev–Trinajstić information content (AvgIpc) is 3.00. The number of ether oxygens (including phenoxy) is 1. The van der Waals surface area contributed by atoms with Crippen LogP contribution in [-0.4, -0.2) is 41.1 Å². The van der Waals surface area contributed by atoms with Crippen molar-refractivity contribution >= 4 is 11.9 Å². The lowest BCUT2D eigenvalue weighted by Crippen LogP contribution is -2.39. The van der Waals surface area contributed by atoms with E-state index in [0.29, 0.717) is 18.6 Å². The maximum Gasteiger partial charge on any atom is 0.305 e. The van der Waals surface area contributed by atoms with Gasteiger partial charge in [0, 0.05) is 19.7 Å². The van der Waals surface area contributed by atoms with Crippen molar-refractivity contribution in [3.05, 3.63) is 35.4 Å². The van der Waals surface area contributed by atoms with Crippen molar-refractivity contribution in [1.82, 2.24) is 4.90 Å². The molecule has 1 amide bonds. The molecule has 0 aliphatic carbocycles. The van der Waals surface area contributed by atoms with Crippen LogP contribution >= 0.6 is 0 Å². The van der Waals surface area contributed by atoms with Gasteiger partial charge in [0.1, 0.15) is 6.10 Å². The van der Waals surface area contributed by atoms with E-state index >= 15 is 0 Å². The molecule has 1 atom stereocenters. The zero-order valence-corrected chi connectivity index (χ0v) is 11.9. The van der Waals surface area contributed by atoms with Crippen LogP contribution in [0.25, 0.3) is 0 Å². The van der Waals surface area contributed by atoms with Crippen molar-refractivity contribution in [3.8, 4) is 0 Å². The predicted octanol–water partition coefficient (Wildman–Crippen LogP) is 1.95. The van der Waals surface area contributed by atoms with Crippen molar-refractivity contribution in [2.24, 2.45) is 0 Å². The highest BCUT2D eigenvalue weighted by atomic mass is 19.2. The van der Waals surface area contributed by atoms with Crippen molar-refractivity contribution in [1.29, 1.82) is 0 Å². The van der Waals surface area contributed by atoms with E-state index in [0.717, 1.165) is 18.6 Å². The van der Waals surface area contributed by atoms with Crippen LogP contribution in [0.3, 0.4) is 0 Å². The third-order valence-electron chi connectivity index (χ3n) is 3.47. The number of benzene rings is 1. The van der Waals surface area contributed by atoms with Gasteiger partial charge in [0.05, 0.1) is 6.42 Å². The molecule has 0 radical (unpaired) electrons. The van der Waals surface area contributed by atoms with Gasteiger partial charge >= 0.3 is 5.97 Å². The number of carboxylic acid groups (broad SMARTS) is 1. The number of carbonyl (C=O) groups excluding carboxylic acids is 1. The van der Waals surface area contributed by atoms with Gasteiger partial charge in [0.15, 0.2) is 11.6 Å². The molecule has 0 aromatic heterocycles. The number of aliphatic carboxylic acids is 1. The van der Waals surface area contributed by atoms with E-state index in [-0.39, 0.29) is 25.4 Å². The summed E-state index contributed by atoms with van der Waals surface area (Å²) in [5, 5.41) is 8.78. The summed E-state index contributed by atoms with van der Waals surface area (Å²) in [4.78, 5) is 24.4. The Balaban J connectivity index is 2.10. The molecule has 1 heterocycles. The second-order valence-corrected chi connectivity index (χ2v) is 5.15. The Hall–Kier alpha value is -2.02. The van der Waals surface area contributed by atoms with Crippen LogP contribution in [0.15, 0.2) is 18.2 Å². The van der Waals surface area contributed by atoms with Gasteiger partial charge in [-0.1, -0.05) is 6.07 Å². The van der Waals surface area contributed by atoms with E-state index in [1.807, 2.05) is 0 Å². The molecule has 2 rings (SSSR count). The summed E-state index contributed by atoms with van der Waals surface area (Å²) >= 11 is 0. The first-order chi connectivity index (χ1) is 10.5. The Bertz CT molecular complexity index is 558. The Labute approximate surface area is 126 Å². The molecule has 1 aromatic rings. The number of nitrogens with zero attached hydrogens (tertiary/aromatic N) is 1. The van der Waals surface area contributed by atoms with Gasteiger partial charge in [-0.3, -0.25) is 9.59 Å². The maximum absolute atomic E-state index is 13.2. The van der Waals surface area contributed by atoms with Gasteiger partial charge in [-0.15, -0.1) is 0 Å². The molecule has 1 fully saturated rings. The molecule has 22 heavy (non-hydrogen) atoms. The van der Waals surface area contributed by atoms with E-state index in [4.69, 9.17) is 9.84 Å². The van der Waals surface area contributed by atoms with Crippen LogP contribution in [0.4, 0.5) is 8.78 Å². The molecule has 1 N–H and O–H groups in total. The molecule has 0 unspecified atom stereocenters. The highest BCUT2D eigenvalue weighted by Gasteiger charge is 2.28. The molecule has 7 heteroatoms. The van der Waals surface area contributed by atoms with Crippen LogP contribution in [-0.2, 0) is 20.9 Å². The Morgan fingerprint density at radius 2 is 2.09 bits per heavy atom. The molecular weight excluding hydrogens is 296 g/mol. The Morgan fingerprint density at radius 1 is 1.32 bits per heavy atom. The monoisotopic (exact) mass is 313 g/mol. The number of carboxylic acids is 1. The van der Waals surface area contributed by atoms with E-state index in [9.17, 15) is 18.4 Å². The second kappa shape index (κ2) is 7.31. The lowest BCUT2D eigenvalue weighted by Gasteiger charge is -2.25.